The van der Waals surface area contributed by atoms with Crippen LogP contribution in [0.3, 0.4) is 0 Å². The van der Waals surface area contributed by atoms with E-state index in [4.69, 9.17) is 4.74 Å². The Balaban J connectivity index is 2.02. The van der Waals surface area contributed by atoms with Gasteiger partial charge in [0.25, 0.3) is 0 Å². The minimum absolute atomic E-state index is 0.582. The molecule has 2 heterocycles. The second kappa shape index (κ2) is 5.09. The summed E-state index contributed by atoms with van der Waals surface area (Å²) in [6.07, 6.45) is 3.32. The summed E-state index contributed by atoms with van der Waals surface area (Å²) in [7, 11) is 0. The van der Waals surface area contributed by atoms with E-state index in [1.54, 1.807) is 6.20 Å². The van der Waals surface area contributed by atoms with E-state index in [2.05, 4.69) is 53.8 Å². The number of hydrogen-bond donors (Lipinski definition) is 0. The largest absolute Gasteiger partial charge is 0.435 e. The Morgan fingerprint density at radius 3 is 2.48 bits per heavy atom. The maximum atomic E-state index is 5.94. The van der Waals surface area contributed by atoms with Gasteiger partial charge in [-0.15, -0.1) is 0 Å². The van der Waals surface area contributed by atoms with Crippen molar-refractivity contribution in [3.8, 4) is 11.6 Å². The Bertz CT molecular complexity index is 836. The number of aromatic nitrogens is 2. The lowest BCUT2D eigenvalue weighted by Crippen LogP contribution is -2.18. The predicted octanol–water partition coefficient (Wildman–Crippen LogP) is 4.98. The topological polar surface area (TPSA) is 38.2 Å². The highest BCUT2D eigenvalue weighted by atomic mass is 16.5. The minimum Gasteiger partial charge on any atom is -0.435 e. The number of fused-ring (bicyclic) bond motifs is 2. The van der Waals surface area contributed by atoms with Gasteiger partial charge in [0.15, 0.2) is 5.75 Å². The standard InChI is InChI=1S/C19H17N3O/c1-12-8-13(2)18(14(3)9-12)22-15-6-4-5-7-17(15)23-19-16(22)10-20-11-21-19/h4-11H,1-3H3. The number of rotatable bonds is 1. The second-order valence-corrected chi connectivity index (χ2v) is 5.87. The molecule has 0 atom stereocenters. The molecule has 0 fully saturated rings. The van der Waals surface area contributed by atoms with Crippen LogP contribution in [0.25, 0.3) is 0 Å². The molecule has 0 radical (unpaired) electrons. The molecule has 0 aliphatic carbocycles. The Labute approximate surface area is 135 Å². The summed E-state index contributed by atoms with van der Waals surface area (Å²) in [5.41, 5.74) is 6.71. The molecule has 0 saturated carbocycles. The molecule has 0 unspecified atom stereocenters. The summed E-state index contributed by atoms with van der Waals surface area (Å²) in [5, 5.41) is 0. The molecule has 0 spiro atoms. The molecule has 1 aromatic heterocycles. The average molecular weight is 303 g/mol. The zero-order valence-electron chi connectivity index (χ0n) is 13.4. The van der Waals surface area contributed by atoms with Gasteiger partial charge in [0.2, 0.25) is 5.88 Å². The number of nitrogens with zero attached hydrogens (tertiary/aromatic N) is 3. The van der Waals surface area contributed by atoms with E-state index in [0.717, 1.165) is 22.8 Å². The van der Waals surface area contributed by atoms with E-state index in [1.165, 1.54) is 23.0 Å². The Morgan fingerprint density at radius 2 is 1.70 bits per heavy atom. The normalized spacial score (nSPS) is 12.4. The first kappa shape index (κ1) is 13.8. The molecule has 4 rings (SSSR count). The molecule has 0 amide bonds. The lowest BCUT2D eigenvalue weighted by molar-refractivity contribution is 0.456. The van der Waals surface area contributed by atoms with E-state index < -0.39 is 0 Å². The number of benzene rings is 2. The molecule has 4 nitrogen and oxygen atoms in total. The Hall–Kier alpha value is -2.88. The second-order valence-electron chi connectivity index (χ2n) is 5.87. The summed E-state index contributed by atoms with van der Waals surface area (Å²) in [6.45, 7) is 6.39. The van der Waals surface area contributed by atoms with E-state index in [-0.39, 0.29) is 0 Å². The van der Waals surface area contributed by atoms with Crippen LogP contribution in [-0.4, -0.2) is 9.97 Å². The van der Waals surface area contributed by atoms with Crippen molar-refractivity contribution in [2.45, 2.75) is 20.8 Å². The number of hydrogen-bond acceptors (Lipinski definition) is 4. The summed E-state index contributed by atoms with van der Waals surface area (Å²) >= 11 is 0. The Kier molecular flexibility index (Phi) is 3.05. The van der Waals surface area contributed by atoms with Crippen molar-refractivity contribution in [3.63, 3.8) is 0 Å². The molecule has 0 N–H and O–H groups in total. The number of aryl methyl sites for hydroxylation is 3. The molecule has 3 aromatic rings. The zero-order valence-corrected chi connectivity index (χ0v) is 13.4. The van der Waals surface area contributed by atoms with Gasteiger partial charge in [-0.25, -0.2) is 4.98 Å². The molecule has 2 aromatic carbocycles. The first-order valence-corrected chi connectivity index (χ1v) is 7.60. The van der Waals surface area contributed by atoms with Crippen molar-refractivity contribution in [3.05, 3.63) is 65.6 Å². The number of anilines is 3. The monoisotopic (exact) mass is 303 g/mol. The first-order chi connectivity index (χ1) is 11.1. The van der Waals surface area contributed by atoms with Crippen LogP contribution in [-0.2, 0) is 0 Å². The van der Waals surface area contributed by atoms with Gasteiger partial charge in [0.05, 0.1) is 17.6 Å². The maximum absolute atomic E-state index is 5.94. The third-order valence-corrected chi connectivity index (χ3v) is 4.07. The smallest absolute Gasteiger partial charge is 0.247 e. The lowest BCUT2D eigenvalue weighted by atomic mass is 10.0. The molecule has 23 heavy (non-hydrogen) atoms. The van der Waals surface area contributed by atoms with Gasteiger partial charge in [-0.2, -0.15) is 4.98 Å². The van der Waals surface area contributed by atoms with Crippen molar-refractivity contribution < 1.29 is 4.74 Å². The van der Waals surface area contributed by atoms with E-state index >= 15 is 0 Å². The summed E-state index contributed by atoms with van der Waals surface area (Å²) in [4.78, 5) is 10.7. The van der Waals surface area contributed by atoms with Gasteiger partial charge in [-0.1, -0.05) is 29.8 Å². The van der Waals surface area contributed by atoms with Gasteiger partial charge in [0, 0.05) is 0 Å². The number of para-hydroxylation sites is 2. The zero-order chi connectivity index (χ0) is 16.0. The Morgan fingerprint density at radius 1 is 0.957 bits per heavy atom. The molecule has 114 valence electrons. The van der Waals surface area contributed by atoms with Crippen LogP contribution in [0.1, 0.15) is 16.7 Å². The molecule has 4 heteroatoms. The molecular weight excluding hydrogens is 286 g/mol. The van der Waals surface area contributed by atoms with Gasteiger partial charge >= 0.3 is 0 Å². The molecule has 0 bridgehead atoms. The van der Waals surface area contributed by atoms with Crippen molar-refractivity contribution in [2.75, 3.05) is 4.90 Å². The van der Waals surface area contributed by atoms with Crippen LogP contribution in [0, 0.1) is 20.8 Å². The van der Waals surface area contributed by atoms with Crippen LogP contribution >= 0.6 is 0 Å². The summed E-state index contributed by atoms with van der Waals surface area (Å²) in [6, 6.07) is 12.4. The fourth-order valence-electron chi connectivity index (χ4n) is 3.27. The average Bonchev–Trinajstić information content (AvgIpc) is 2.53. The van der Waals surface area contributed by atoms with Gasteiger partial charge in [-0.05, 0) is 44.0 Å². The molecular formula is C19H17N3O. The van der Waals surface area contributed by atoms with Crippen molar-refractivity contribution >= 4 is 17.1 Å². The van der Waals surface area contributed by atoms with Crippen molar-refractivity contribution in [1.82, 2.24) is 9.97 Å². The summed E-state index contributed by atoms with van der Waals surface area (Å²) in [5.74, 6) is 1.39. The summed E-state index contributed by atoms with van der Waals surface area (Å²) < 4.78 is 5.94. The van der Waals surface area contributed by atoms with E-state index in [0.29, 0.717) is 5.88 Å². The van der Waals surface area contributed by atoms with Gasteiger partial charge < -0.3 is 9.64 Å². The quantitative estimate of drug-likeness (QED) is 0.497. The van der Waals surface area contributed by atoms with Crippen molar-refractivity contribution in [1.29, 1.82) is 0 Å². The highest BCUT2D eigenvalue weighted by Crippen LogP contribution is 2.50. The van der Waals surface area contributed by atoms with Crippen molar-refractivity contribution in [2.24, 2.45) is 0 Å². The van der Waals surface area contributed by atoms with E-state index in [9.17, 15) is 0 Å². The highest BCUT2D eigenvalue weighted by molar-refractivity contribution is 5.87. The highest BCUT2D eigenvalue weighted by Gasteiger charge is 2.28. The van der Waals surface area contributed by atoms with E-state index in [1.807, 2.05) is 18.2 Å². The third-order valence-electron chi connectivity index (χ3n) is 4.07. The van der Waals surface area contributed by atoms with Crippen LogP contribution in [0.4, 0.5) is 17.1 Å². The maximum Gasteiger partial charge on any atom is 0.247 e. The van der Waals surface area contributed by atoms with Crippen LogP contribution in [0.2, 0.25) is 0 Å². The fraction of sp³-hybridized carbons (Fsp3) is 0.158. The lowest BCUT2D eigenvalue weighted by Gasteiger charge is -2.33. The molecule has 1 aliphatic heterocycles. The molecule has 1 aliphatic rings. The fourth-order valence-corrected chi connectivity index (χ4v) is 3.27. The minimum atomic E-state index is 0.582. The number of ether oxygens (including phenoxy) is 1. The van der Waals surface area contributed by atoms with Crippen LogP contribution in [0.5, 0.6) is 11.6 Å². The third kappa shape index (κ3) is 2.14. The molecule has 0 saturated heterocycles. The first-order valence-electron chi connectivity index (χ1n) is 7.60. The van der Waals surface area contributed by atoms with Crippen LogP contribution < -0.4 is 9.64 Å². The predicted molar refractivity (Wildman–Crippen MR) is 91.0 cm³/mol. The SMILES string of the molecule is Cc1cc(C)c(N2c3ccccc3Oc3ncncc32)c(C)c1. The van der Waals surface area contributed by atoms with Crippen LogP contribution in [0.15, 0.2) is 48.9 Å². The van der Waals surface area contributed by atoms with Gasteiger partial charge in [0.1, 0.15) is 12.0 Å². The van der Waals surface area contributed by atoms with Gasteiger partial charge in [-0.3, -0.25) is 0 Å².